The van der Waals surface area contributed by atoms with Crippen molar-refractivity contribution >= 4 is 11.0 Å². The fourth-order valence-electron chi connectivity index (χ4n) is 2.02. The third kappa shape index (κ3) is 3.27. The van der Waals surface area contributed by atoms with E-state index < -0.39 is 22.7 Å². The molecule has 0 spiro atoms. The lowest BCUT2D eigenvalue weighted by atomic mass is 10.1. The third-order valence-corrected chi connectivity index (χ3v) is 3.00. The highest BCUT2D eigenvalue weighted by Crippen LogP contribution is 2.40. The van der Waals surface area contributed by atoms with Crippen molar-refractivity contribution in [2.45, 2.75) is 6.92 Å². The van der Waals surface area contributed by atoms with E-state index in [2.05, 4.69) is 0 Å². The van der Waals surface area contributed by atoms with Crippen LogP contribution in [0.5, 0.6) is 17.2 Å². The van der Waals surface area contributed by atoms with E-state index >= 15 is 0 Å². The van der Waals surface area contributed by atoms with E-state index in [-0.39, 0.29) is 17.6 Å². The average Bonchev–Trinajstić information content (AvgIpc) is 2.53. The van der Waals surface area contributed by atoms with Crippen molar-refractivity contribution < 1.29 is 24.8 Å². The van der Waals surface area contributed by atoms with Gasteiger partial charge in [0.15, 0.2) is 16.9 Å². The van der Waals surface area contributed by atoms with Crippen LogP contribution in [0.1, 0.15) is 6.92 Å². The van der Waals surface area contributed by atoms with Gasteiger partial charge in [-0.05, 0) is 6.92 Å². The number of rotatable bonds is 1. The summed E-state index contributed by atoms with van der Waals surface area (Å²) in [7, 11) is 0. The standard InChI is InChI=1S/C15H10O5.C2H6O/c16-9-6-11(8-4-2-1-3-5-8)20-12-7-10(17)14(18)15(19)13(9)12;1-2-3/h1-7,17-19H;3H,2H2,1H3. The maximum atomic E-state index is 12.0. The van der Waals surface area contributed by atoms with Gasteiger partial charge < -0.3 is 24.8 Å². The fraction of sp³-hybridized carbons (Fsp3) is 0.118. The molecule has 3 rings (SSSR count). The van der Waals surface area contributed by atoms with Gasteiger partial charge in [0.05, 0.1) is 0 Å². The summed E-state index contributed by atoms with van der Waals surface area (Å²) in [6, 6.07) is 11.3. The number of phenolic OH excluding ortho intramolecular Hbond substituents is 3. The molecule has 0 aliphatic carbocycles. The van der Waals surface area contributed by atoms with Gasteiger partial charge in [0.1, 0.15) is 16.7 Å². The molecule has 0 aliphatic heterocycles. The monoisotopic (exact) mass is 316 g/mol. The Kier molecular flexibility index (Phi) is 4.88. The minimum Gasteiger partial charge on any atom is -0.504 e. The molecule has 6 nitrogen and oxygen atoms in total. The SMILES string of the molecule is CCO.O=c1cc(-c2ccccc2)oc2cc(O)c(O)c(O)c12. The fourth-order valence-corrected chi connectivity index (χ4v) is 2.02. The van der Waals surface area contributed by atoms with Crippen molar-refractivity contribution in [1.82, 2.24) is 0 Å². The van der Waals surface area contributed by atoms with Crippen LogP contribution in [0, 0.1) is 0 Å². The topological polar surface area (TPSA) is 111 Å². The Morgan fingerprint density at radius 1 is 1.00 bits per heavy atom. The lowest BCUT2D eigenvalue weighted by molar-refractivity contribution is 0.318. The van der Waals surface area contributed by atoms with E-state index in [0.717, 1.165) is 6.07 Å². The lowest BCUT2D eigenvalue weighted by Gasteiger charge is -2.06. The molecule has 120 valence electrons. The van der Waals surface area contributed by atoms with Crippen molar-refractivity contribution in [3.05, 3.63) is 52.7 Å². The van der Waals surface area contributed by atoms with Gasteiger partial charge in [-0.3, -0.25) is 4.79 Å². The molecule has 3 aromatic rings. The molecule has 0 saturated heterocycles. The normalized spacial score (nSPS) is 10.2. The molecule has 0 amide bonds. The Bertz CT molecular complexity index is 868. The van der Waals surface area contributed by atoms with Crippen molar-refractivity contribution in [1.29, 1.82) is 0 Å². The first-order valence-electron chi connectivity index (χ1n) is 6.87. The molecule has 1 aromatic heterocycles. The van der Waals surface area contributed by atoms with Gasteiger partial charge >= 0.3 is 0 Å². The molecular weight excluding hydrogens is 300 g/mol. The maximum absolute atomic E-state index is 12.0. The Labute approximate surface area is 131 Å². The Morgan fingerprint density at radius 2 is 1.61 bits per heavy atom. The maximum Gasteiger partial charge on any atom is 0.201 e. The zero-order valence-corrected chi connectivity index (χ0v) is 12.4. The molecule has 0 unspecified atom stereocenters. The van der Waals surface area contributed by atoms with Crippen LogP contribution in [0.15, 0.2) is 51.7 Å². The van der Waals surface area contributed by atoms with Crippen LogP contribution in [-0.4, -0.2) is 27.0 Å². The van der Waals surface area contributed by atoms with Crippen LogP contribution in [0.2, 0.25) is 0 Å². The summed E-state index contributed by atoms with van der Waals surface area (Å²) in [4.78, 5) is 12.0. The number of benzene rings is 2. The molecule has 4 N–H and O–H groups in total. The predicted octanol–water partition coefficient (Wildman–Crippen LogP) is 2.58. The molecule has 2 aromatic carbocycles. The van der Waals surface area contributed by atoms with Crippen LogP contribution >= 0.6 is 0 Å². The Hall–Kier alpha value is -2.99. The van der Waals surface area contributed by atoms with E-state index in [0.29, 0.717) is 11.3 Å². The first-order valence-corrected chi connectivity index (χ1v) is 6.87. The summed E-state index contributed by atoms with van der Waals surface area (Å²) in [5.41, 5.74) is 0.195. The highest BCUT2D eigenvalue weighted by atomic mass is 16.3. The second kappa shape index (κ2) is 6.85. The number of aliphatic hydroxyl groups excluding tert-OH is 1. The number of aromatic hydroxyl groups is 3. The van der Waals surface area contributed by atoms with Gasteiger partial charge in [-0.2, -0.15) is 0 Å². The van der Waals surface area contributed by atoms with Crippen LogP contribution in [0.25, 0.3) is 22.3 Å². The van der Waals surface area contributed by atoms with Crippen LogP contribution < -0.4 is 5.43 Å². The van der Waals surface area contributed by atoms with E-state index in [9.17, 15) is 20.1 Å². The zero-order chi connectivity index (χ0) is 17.0. The molecule has 0 saturated carbocycles. The van der Waals surface area contributed by atoms with E-state index in [1.807, 2.05) is 6.07 Å². The second-order valence-electron chi connectivity index (χ2n) is 4.62. The third-order valence-electron chi connectivity index (χ3n) is 3.00. The Balaban J connectivity index is 0.000000595. The van der Waals surface area contributed by atoms with Crippen molar-refractivity contribution in [2.75, 3.05) is 6.61 Å². The number of phenols is 3. The molecule has 1 heterocycles. The number of aliphatic hydroxyl groups is 1. The zero-order valence-electron chi connectivity index (χ0n) is 12.4. The molecule has 0 radical (unpaired) electrons. The first kappa shape index (κ1) is 16.4. The molecule has 23 heavy (non-hydrogen) atoms. The number of hydrogen-bond donors (Lipinski definition) is 4. The summed E-state index contributed by atoms with van der Waals surface area (Å²) < 4.78 is 5.51. The Morgan fingerprint density at radius 3 is 2.22 bits per heavy atom. The highest BCUT2D eigenvalue weighted by Gasteiger charge is 2.17. The van der Waals surface area contributed by atoms with Gasteiger partial charge in [-0.25, -0.2) is 0 Å². The number of fused-ring (bicyclic) bond motifs is 1. The second-order valence-corrected chi connectivity index (χ2v) is 4.62. The van der Waals surface area contributed by atoms with Gasteiger partial charge in [0, 0.05) is 24.3 Å². The van der Waals surface area contributed by atoms with Crippen molar-refractivity contribution in [2.24, 2.45) is 0 Å². The van der Waals surface area contributed by atoms with E-state index in [1.165, 1.54) is 6.07 Å². The van der Waals surface area contributed by atoms with Crippen LogP contribution in [0.4, 0.5) is 0 Å². The lowest BCUT2D eigenvalue weighted by Crippen LogP contribution is -2.00. The number of hydrogen-bond acceptors (Lipinski definition) is 6. The van der Waals surface area contributed by atoms with Gasteiger partial charge in [-0.15, -0.1) is 0 Å². The summed E-state index contributed by atoms with van der Waals surface area (Å²) >= 11 is 0. The summed E-state index contributed by atoms with van der Waals surface area (Å²) in [5, 5.41) is 36.0. The molecular formula is C17H16O6. The molecule has 0 aliphatic rings. The largest absolute Gasteiger partial charge is 0.504 e. The van der Waals surface area contributed by atoms with Gasteiger partial charge in [0.25, 0.3) is 0 Å². The van der Waals surface area contributed by atoms with Crippen molar-refractivity contribution in [3.63, 3.8) is 0 Å². The molecule has 6 heteroatoms. The minimum absolute atomic E-state index is 0.00385. The summed E-state index contributed by atoms with van der Waals surface area (Å²) in [5.74, 6) is -1.67. The van der Waals surface area contributed by atoms with E-state index in [1.54, 1.807) is 31.2 Å². The quantitative estimate of drug-likeness (QED) is 0.513. The molecule has 0 atom stereocenters. The predicted molar refractivity (Wildman–Crippen MR) is 85.7 cm³/mol. The smallest absolute Gasteiger partial charge is 0.201 e. The highest BCUT2D eigenvalue weighted by molar-refractivity contribution is 5.89. The molecule has 0 fully saturated rings. The van der Waals surface area contributed by atoms with Gasteiger partial charge in [-0.1, -0.05) is 30.3 Å². The molecule has 0 bridgehead atoms. The average molecular weight is 316 g/mol. The summed E-state index contributed by atoms with van der Waals surface area (Å²) in [6.45, 7) is 1.93. The first-order chi connectivity index (χ1) is 11.0. The van der Waals surface area contributed by atoms with Crippen molar-refractivity contribution in [3.8, 4) is 28.6 Å². The van der Waals surface area contributed by atoms with E-state index in [4.69, 9.17) is 9.52 Å². The van der Waals surface area contributed by atoms with Gasteiger partial charge in [0.2, 0.25) is 5.75 Å². The van der Waals surface area contributed by atoms with Crippen LogP contribution in [-0.2, 0) is 0 Å². The summed E-state index contributed by atoms with van der Waals surface area (Å²) in [6.07, 6.45) is 0. The van der Waals surface area contributed by atoms with Crippen LogP contribution in [0.3, 0.4) is 0 Å². The minimum atomic E-state index is -0.739.